The van der Waals surface area contributed by atoms with Gasteiger partial charge in [0, 0.05) is 44.1 Å². The number of aromatic nitrogens is 2. The fraction of sp³-hybridized carbons (Fsp3) is 0.333. The van der Waals surface area contributed by atoms with Gasteiger partial charge in [0.1, 0.15) is 0 Å². The molecule has 37 heavy (non-hydrogen) atoms. The van der Waals surface area contributed by atoms with Gasteiger partial charge in [-0.15, -0.1) is 0 Å². The summed E-state index contributed by atoms with van der Waals surface area (Å²) >= 11 is 18.3. The summed E-state index contributed by atoms with van der Waals surface area (Å²) in [6, 6.07) is 14.9. The molecule has 1 heterocycles. The van der Waals surface area contributed by atoms with Crippen molar-refractivity contribution in [2.24, 2.45) is 0 Å². The number of hydrogen-bond donors (Lipinski definition) is 2. The Balaban J connectivity index is 1.65. The first-order valence-electron chi connectivity index (χ1n) is 12.1. The number of imidazole rings is 1. The fourth-order valence-corrected chi connectivity index (χ4v) is 4.53. The Morgan fingerprint density at radius 2 is 1.97 bits per heavy atom. The molecule has 1 atom stereocenters. The molecule has 3 rings (SSSR count). The van der Waals surface area contributed by atoms with Gasteiger partial charge in [0.15, 0.2) is 5.11 Å². The number of nitriles is 1. The van der Waals surface area contributed by atoms with Crippen LogP contribution in [0.5, 0.6) is 0 Å². The molecule has 0 aliphatic rings. The number of hydrogen-bond acceptors (Lipinski definition) is 4. The summed E-state index contributed by atoms with van der Waals surface area (Å²) in [5, 5.41) is 16.9. The fourth-order valence-electron chi connectivity index (χ4n) is 3.86. The SMILES string of the molecule is CCNC(=S)N(Cc1cccc(Cl)c1Cl)CC(CC)NC(=O)Cc1cncn1Cc1ccc(C#N)cc1. The molecule has 0 bridgehead atoms. The van der Waals surface area contributed by atoms with Crippen molar-refractivity contribution in [1.29, 1.82) is 5.26 Å². The maximum atomic E-state index is 13.0. The Hall–Kier alpha value is -3.12. The van der Waals surface area contributed by atoms with E-state index in [2.05, 4.69) is 21.7 Å². The van der Waals surface area contributed by atoms with Gasteiger partial charge < -0.3 is 20.1 Å². The van der Waals surface area contributed by atoms with E-state index in [1.165, 1.54) is 0 Å². The van der Waals surface area contributed by atoms with Crippen molar-refractivity contribution < 1.29 is 4.79 Å². The second-order valence-electron chi connectivity index (χ2n) is 8.60. The van der Waals surface area contributed by atoms with Crippen LogP contribution < -0.4 is 10.6 Å². The Labute approximate surface area is 233 Å². The van der Waals surface area contributed by atoms with E-state index in [9.17, 15) is 4.79 Å². The molecule has 2 N–H and O–H groups in total. The first-order valence-corrected chi connectivity index (χ1v) is 13.2. The number of carbonyl (C=O) groups is 1. The number of thiocarbonyl (C=S) groups is 1. The van der Waals surface area contributed by atoms with E-state index in [-0.39, 0.29) is 18.4 Å². The number of amides is 1. The molecule has 2 aromatic carbocycles. The van der Waals surface area contributed by atoms with Crippen LogP contribution >= 0.6 is 35.4 Å². The minimum absolute atomic E-state index is 0.0939. The Bertz CT molecular complexity index is 1250. The summed E-state index contributed by atoms with van der Waals surface area (Å²) in [6.45, 7) is 6.25. The average Bonchev–Trinajstić information content (AvgIpc) is 3.32. The van der Waals surface area contributed by atoms with Gasteiger partial charge >= 0.3 is 0 Å². The average molecular weight is 558 g/mol. The zero-order chi connectivity index (χ0) is 26.8. The summed E-state index contributed by atoms with van der Waals surface area (Å²) in [5.74, 6) is -0.0939. The molecule has 0 saturated heterocycles. The summed E-state index contributed by atoms with van der Waals surface area (Å²) in [6.07, 6.45) is 4.34. The third-order valence-electron chi connectivity index (χ3n) is 5.88. The van der Waals surface area contributed by atoms with Crippen LogP contribution in [-0.4, -0.2) is 44.6 Å². The molecule has 0 radical (unpaired) electrons. The zero-order valence-electron chi connectivity index (χ0n) is 20.9. The minimum atomic E-state index is -0.128. The van der Waals surface area contributed by atoms with E-state index in [4.69, 9.17) is 40.7 Å². The predicted molar refractivity (Wildman–Crippen MR) is 152 cm³/mol. The van der Waals surface area contributed by atoms with Crippen molar-refractivity contribution >= 4 is 46.4 Å². The third-order valence-corrected chi connectivity index (χ3v) is 7.14. The molecule has 0 aliphatic heterocycles. The Morgan fingerprint density at radius 1 is 1.22 bits per heavy atom. The Morgan fingerprint density at radius 3 is 2.65 bits per heavy atom. The van der Waals surface area contributed by atoms with Gasteiger partial charge in [-0.2, -0.15) is 5.26 Å². The number of nitrogens with one attached hydrogen (secondary N) is 2. The van der Waals surface area contributed by atoms with Crippen LogP contribution in [0.3, 0.4) is 0 Å². The van der Waals surface area contributed by atoms with Crippen molar-refractivity contribution in [2.45, 2.75) is 45.8 Å². The largest absolute Gasteiger partial charge is 0.363 e. The number of nitrogens with zero attached hydrogens (tertiary/aromatic N) is 4. The first kappa shape index (κ1) is 28.5. The van der Waals surface area contributed by atoms with Crippen LogP contribution in [0.2, 0.25) is 10.0 Å². The molecule has 3 aromatic rings. The van der Waals surface area contributed by atoms with E-state index in [0.717, 1.165) is 23.2 Å². The highest BCUT2D eigenvalue weighted by atomic mass is 35.5. The van der Waals surface area contributed by atoms with Gasteiger partial charge in [0.25, 0.3) is 0 Å². The quantitative estimate of drug-likeness (QED) is 0.325. The third kappa shape index (κ3) is 8.19. The van der Waals surface area contributed by atoms with Gasteiger partial charge in [0.2, 0.25) is 5.91 Å². The molecular formula is C27H30Cl2N6OS. The van der Waals surface area contributed by atoms with Crippen molar-refractivity contribution in [1.82, 2.24) is 25.1 Å². The standard InChI is InChI=1S/C27H30Cl2N6OS/c1-3-22(17-34(27(37)32-4-2)16-21-6-5-7-24(28)26(21)29)33-25(36)12-23-14-31-18-35(23)15-20-10-8-19(13-30)9-11-20/h5-11,14,18,22H,3-4,12,15-17H2,1-2H3,(H,32,37)(H,33,36). The lowest BCUT2D eigenvalue weighted by atomic mass is 10.1. The highest BCUT2D eigenvalue weighted by molar-refractivity contribution is 7.80. The smallest absolute Gasteiger partial charge is 0.226 e. The molecule has 194 valence electrons. The van der Waals surface area contributed by atoms with E-state index in [1.807, 2.05) is 47.6 Å². The minimum Gasteiger partial charge on any atom is -0.363 e. The molecule has 0 spiro atoms. The van der Waals surface area contributed by atoms with Crippen LogP contribution in [0, 0.1) is 11.3 Å². The van der Waals surface area contributed by atoms with Gasteiger partial charge in [-0.05, 0) is 54.9 Å². The van der Waals surface area contributed by atoms with Crippen LogP contribution in [0.1, 0.15) is 42.7 Å². The summed E-state index contributed by atoms with van der Waals surface area (Å²) in [4.78, 5) is 19.2. The van der Waals surface area contributed by atoms with Crippen molar-refractivity contribution in [2.75, 3.05) is 13.1 Å². The molecule has 7 nitrogen and oxygen atoms in total. The monoisotopic (exact) mass is 556 g/mol. The van der Waals surface area contributed by atoms with Gasteiger partial charge in [-0.1, -0.05) is 54.4 Å². The number of benzene rings is 2. The number of rotatable bonds is 11. The van der Waals surface area contributed by atoms with E-state index in [1.54, 1.807) is 30.7 Å². The maximum absolute atomic E-state index is 13.0. The highest BCUT2D eigenvalue weighted by Gasteiger charge is 2.20. The molecule has 1 aromatic heterocycles. The summed E-state index contributed by atoms with van der Waals surface area (Å²) < 4.78 is 1.94. The lowest BCUT2D eigenvalue weighted by molar-refractivity contribution is -0.121. The first-order chi connectivity index (χ1) is 17.8. The van der Waals surface area contributed by atoms with Gasteiger partial charge in [-0.3, -0.25) is 4.79 Å². The van der Waals surface area contributed by atoms with Crippen molar-refractivity contribution in [3.63, 3.8) is 0 Å². The number of halogens is 2. The van der Waals surface area contributed by atoms with Gasteiger partial charge in [0.05, 0.1) is 34.4 Å². The lowest BCUT2D eigenvalue weighted by Gasteiger charge is -2.30. The van der Waals surface area contributed by atoms with Crippen LogP contribution in [0.15, 0.2) is 55.0 Å². The topological polar surface area (TPSA) is 86.0 Å². The Kier molecular flexibility index (Phi) is 10.8. The molecule has 10 heteroatoms. The van der Waals surface area contributed by atoms with Crippen molar-refractivity contribution in [3.8, 4) is 6.07 Å². The molecule has 0 aliphatic carbocycles. The summed E-state index contributed by atoms with van der Waals surface area (Å²) in [7, 11) is 0. The van der Waals surface area contributed by atoms with Gasteiger partial charge in [-0.25, -0.2) is 4.98 Å². The zero-order valence-corrected chi connectivity index (χ0v) is 23.2. The molecular weight excluding hydrogens is 527 g/mol. The number of carbonyl (C=O) groups excluding carboxylic acids is 1. The summed E-state index contributed by atoms with van der Waals surface area (Å²) in [5.41, 5.74) is 3.31. The molecule has 1 unspecified atom stereocenters. The second kappa shape index (κ2) is 14.0. The highest BCUT2D eigenvalue weighted by Crippen LogP contribution is 2.26. The van der Waals surface area contributed by atoms with Crippen LogP contribution in [0.4, 0.5) is 0 Å². The van der Waals surface area contributed by atoms with E-state index < -0.39 is 0 Å². The normalized spacial score (nSPS) is 11.4. The van der Waals surface area contributed by atoms with Crippen molar-refractivity contribution in [3.05, 3.63) is 87.4 Å². The maximum Gasteiger partial charge on any atom is 0.226 e. The predicted octanol–water partition coefficient (Wildman–Crippen LogP) is 4.94. The van der Waals surface area contributed by atoms with Crippen LogP contribution in [0.25, 0.3) is 0 Å². The van der Waals surface area contributed by atoms with E-state index in [0.29, 0.717) is 46.9 Å². The molecule has 0 fully saturated rings. The lowest BCUT2D eigenvalue weighted by Crippen LogP contribution is -2.48. The van der Waals surface area contributed by atoms with Crippen LogP contribution in [-0.2, 0) is 24.3 Å². The molecule has 0 saturated carbocycles. The van der Waals surface area contributed by atoms with E-state index >= 15 is 0 Å². The molecule has 1 amide bonds. The second-order valence-corrected chi connectivity index (χ2v) is 9.77.